The number of ether oxygens (including phenoxy) is 2. The van der Waals surface area contributed by atoms with Crippen molar-refractivity contribution in [2.75, 3.05) is 11.6 Å². The van der Waals surface area contributed by atoms with Crippen LogP contribution in [-0.4, -0.2) is 6.73 Å². The Balaban J connectivity index is 1.71. The summed E-state index contributed by atoms with van der Waals surface area (Å²) in [4.78, 5) is 2.24. The number of rotatable bonds is 1. The van der Waals surface area contributed by atoms with Gasteiger partial charge < -0.3 is 14.4 Å². The molecule has 0 aliphatic carbocycles. The molecule has 1 fully saturated rings. The molecule has 124 valence electrons. The molecule has 3 nitrogen and oxygen atoms in total. The van der Waals surface area contributed by atoms with Crippen LogP contribution in [0.3, 0.4) is 0 Å². The number of nitrogens with zero attached hydrogens (tertiary/aromatic N) is 1. The van der Waals surface area contributed by atoms with Crippen LogP contribution in [0.15, 0.2) is 72.8 Å². The fourth-order valence-electron chi connectivity index (χ4n) is 3.70. The van der Waals surface area contributed by atoms with Gasteiger partial charge in [-0.05, 0) is 29.8 Å². The molecule has 0 saturated carbocycles. The van der Waals surface area contributed by atoms with Crippen molar-refractivity contribution in [2.45, 2.75) is 12.1 Å². The summed E-state index contributed by atoms with van der Waals surface area (Å²) in [5.74, 6) is 1.67. The Morgan fingerprint density at radius 1 is 0.880 bits per heavy atom. The highest BCUT2D eigenvalue weighted by molar-refractivity contribution is 6.31. The minimum atomic E-state index is -0.0594. The van der Waals surface area contributed by atoms with E-state index in [9.17, 15) is 0 Å². The monoisotopic (exact) mass is 349 g/mol. The van der Waals surface area contributed by atoms with Gasteiger partial charge in [0.15, 0.2) is 5.75 Å². The molecule has 2 aliphatic heterocycles. The molecule has 0 radical (unpaired) electrons. The van der Waals surface area contributed by atoms with Crippen molar-refractivity contribution >= 4 is 17.3 Å². The molecule has 2 unspecified atom stereocenters. The summed E-state index contributed by atoms with van der Waals surface area (Å²) in [5, 5.41) is 0.690. The number of halogens is 1. The molecule has 4 heteroatoms. The van der Waals surface area contributed by atoms with Crippen LogP contribution in [0.1, 0.15) is 23.3 Å². The second-order valence-corrected chi connectivity index (χ2v) is 6.73. The van der Waals surface area contributed by atoms with E-state index in [0.717, 1.165) is 28.3 Å². The van der Waals surface area contributed by atoms with Crippen LogP contribution in [0.4, 0.5) is 5.69 Å². The zero-order chi connectivity index (χ0) is 16.8. The van der Waals surface area contributed by atoms with Gasteiger partial charge in [-0.3, -0.25) is 0 Å². The first-order valence-electron chi connectivity index (χ1n) is 8.31. The van der Waals surface area contributed by atoms with Gasteiger partial charge in [0, 0.05) is 10.6 Å². The standard InChI is InChI=1S/C21H16ClNO2/c22-15-10-11-19-17(12-15)23-13-24-21(14-6-2-1-3-7-14)20(23)16-8-4-5-9-18(16)25-19/h1-12,20-21H,13H2. The number of benzene rings is 3. The molecular weight excluding hydrogens is 334 g/mol. The first-order chi connectivity index (χ1) is 12.3. The maximum Gasteiger partial charge on any atom is 0.150 e. The minimum absolute atomic E-state index is 0.0401. The van der Waals surface area contributed by atoms with Gasteiger partial charge >= 0.3 is 0 Å². The van der Waals surface area contributed by atoms with E-state index in [0.29, 0.717) is 11.8 Å². The average molecular weight is 350 g/mol. The van der Waals surface area contributed by atoms with Crippen LogP contribution in [0, 0.1) is 0 Å². The van der Waals surface area contributed by atoms with Crippen LogP contribution < -0.4 is 9.64 Å². The average Bonchev–Trinajstić information content (AvgIpc) is 3.04. The van der Waals surface area contributed by atoms with Crippen LogP contribution in [0.2, 0.25) is 5.02 Å². The number of para-hydroxylation sites is 1. The van der Waals surface area contributed by atoms with E-state index in [-0.39, 0.29) is 12.1 Å². The van der Waals surface area contributed by atoms with Gasteiger partial charge in [-0.25, -0.2) is 0 Å². The van der Waals surface area contributed by atoms with Crippen LogP contribution in [-0.2, 0) is 4.74 Å². The van der Waals surface area contributed by atoms with Crippen molar-refractivity contribution in [1.82, 2.24) is 0 Å². The minimum Gasteiger partial charge on any atom is -0.455 e. The third-order valence-electron chi connectivity index (χ3n) is 4.83. The van der Waals surface area contributed by atoms with Gasteiger partial charge in [-0.1, -0.05) is 60.1 Å². The third-order valence-corrected chi connectivity index (χ3v) is 5.07. The Labute approximate surface area is 151 Å². The normalized spacial score (nSPS) is 20.9. The summed E-state index contributed by atoms with van der Waals surface area (Å²) >= 11 is 6.26. The van der Waals surface area contributed by atoms with E-state index in [1.54, 1.807) is 0 Å². The van der Waals surface area contributed by atoms with Crippen molar-refractivity contribution < 1.29 is 9.47 Å². The van der Waals surface area contributed by atoms with Gasteiger partial charge in [-0.15, -0.1) is 0 Å². The Morgan fingerprint density at radius 3 is 2.56 bits per heavy atom. The third kappa shape index (κ3) is 2.39. The zero-order valence-electron chi connectivity index (χ0n) is 13.4. The highest BCUT2D eigenvalue weighted by Crippen LogP contribution is 2.52. The fourth-order valence-corrected chi connectivity index (χ4v) is 3.87. The Morgan fingerprint density at radius 2 is 1.68 bits per heavy atom. The molecule has 0 N–H and O–H groups in total. The molecule has 2 aliphatic rings. The van der Waals surface area contributed by atoms with Gasteiger partial charge in [0.25, 0.3) is 0 Å². The fraction of sp³-hybridized carbons (Fsp3) is 0.143. The van der Waals surface area contributed by atoms with E-state index in [1.807, 2.05) is 54.6 Å². The first kappa shape index (κ1) is 14.8. The highest BCUT2D eigenvalue weighted by Gasteiger charge is 2.41. The quantitative estimate of drug-likeness (QED) is 0.560. The molecular formula is C21H16ClNO2. The topological polar surface area (TPSA) is 21.7 Å². The molecule has 2 heterocycles. The summed E-state index contributed by atoms with van der Waals surface area (Å²) in [7, 11) is 0. The van der Waals surface area contributed by atoms with Gasteiger partial charge in [0.05, 0.1) is 11.7 Å². The maximum absolute atomic E-state index is 6.26. The number of fused-ring (bicyclic) bond motifs is 5. The summed E-state index contributed by atoms with van der Waals surface area (Å²) in [6.45, 7) is 0.495. The summed E-state index contributed by atoms with van der Waals surface area (Å²) in [5.41, 5.74) is 3.25. The second-order valence-electron chi connectivity index (χ2n) is 6.29. The molecule has 2 atom stereocenters. The van der Waals surface area contributed by atoms with Gasteiger partial charge in [-0.2, -0.15) is 0 Å². The largest absolute Gasteiger partial charge is 0.455 e. The van der Waals surface area contributed by atoms with Crippen LogP contribution in [0.5, 0.6) is 11.5 Å². The van der Waals surface area contributed by atoms with Gasteiger partial charge in [0.2, 0.25) is 0 Å². The molecule has 5 rings (SSSR count). The molecule has 3 aromatic rings. The molecule has 3 aromatic carbocycles. The van der Waals surface area contributed by atoms with Crippen molar-refractivity contribution in [2.24, 2.45) is 0 Å². The van der Waals surface area contributed by atoms with E-state index < -0.39 is 0 Å². The van der Waals surface area contributed by atoms with Crippen molar-refractivity contribution in [1.29, 1.82) is 0 Å². The van der Waals surface area contributed by atoms with Crippen LogP contribution in [0.25, 0.3) is 0 Å². The molecule has 1 saturated heterocycles. The van der Waals surface area contributed by atoms with E-state index in [4.69, 9.17) is 21.1 Å². The SMILES string of the molecule is Clc1ccc2c(c1)N1COC(c3ccccc3)C1c1ccccc1O2. The van der Waals surface area contributed by atoms with E-state index >= 15 is 0 Å². The summed E-state index contributed by atoms with van der Waals surface area (Å²) in [6, 6.07) is 24.3. The van der Waals surface area contributed by atoms with E-state index in [1.165, 1.54) is 0 Å². The summed E-state index contributed by atoms with van der Waals surface area (Å²) < 4.78 is 12.4. The highest BCUT2D eigenvalue weighted by atomic mass is 35.5. The predicted molar refractivity (Wildman–Crippen MR) is 98.3 cm³/mol. The lowest BCUT2D eigenvalue weighted by Gasteiger charge is -2.26. The predicted octanol–water partition coefficient (Wildman–Crippen LogP) is 5.72. The maximum atomic E-state index is 6.26. The lowest BCUT2D eigenvalue weighted by molar-refractivity contribution is 0.104. The Bertz CT molecular complexity index is 928. The second kappa shape index (κ2) is 5.80. The zero-order valence-corrected chi connectivity index (χ0v) is 14.2. The number of hydrogen-bond acceptors (Lipinski definition) is 3. The lowest BCUT2D eigenvalue weighted by atomic mass is 9.94. The lowest BCUT2D eigenvalue weighted by Crippen LogP contribution is -2.23. The molecule has 25 heavy (non-hydrogen) atoms. The first-order valence-corrected chi connectivity index (χ1v) is 8.68. The smallest absolute Gasteiger partial charge is 0.150 e. The van der Waals surface area contributed by atoms with Crippen molar-refractivity contribution in [3.63, 3.8) is 0 Å². The van der Waals surface area contributed by atoms with Crippen molar-refractivity contribution in [3.05, 3.63) is 88.9 Å². The van der Waals surface area contributed by atoms with Crippen molar-refractivity contribution in [3.8, 4) is 11.5 Å². The van der Waals surface area contributed by atoms with Gasteiger partial charge in [0.1, 0.15) is 18.6 Å². The Hall–Kier alpha value is -2.49. The molecule has 0 amide bonds. The number of hydrogen-bond donors (Lipinski definition) is 0. The van der Waals surface area contributed by atoms with E-state index in [2.05, 4.69) is 23.1 Å². The summed E-state index contributed by atoms with van der Waals surface area (Å²) in [6.07, 6.45) is -0.0594. The Kier molecular flexibility index (Phi) is 3.44. The molecule has 0 bridgehead atoms. The molecule has 0 aromatic heterocycles. The van der Waals surface area contributed by atoms with Crippen LogP contribution >= 0.6 is 11.6 Å². The number of anilines is 1. The molecule has 0 spiro atoms.